The highest BCUT2D eigenvalue weighted by molar-refractivity contribution is 6.05. The maximum Gasteiger partial charge on any atom is 0.326 e. The van der Waals surface area contributed by atoms with Crippen molar-refractivity contribution in [3.63, 3.8) is 0 Å². The van der Waals surface area contributed by atoms with Gasteiger partial charge in [0.15, 0.2) is 0 Å². The first-order chi connectivity index (χ1) is 17.8. The van der Waals surface area contributed by atoms with E-state index in [1.54, 1.807) is 32.9 Å². The topological polar surface area (TPSA) is 99.5 Å². The molecule has 6 nitrogen and oxygen atoms in total. The van der Waals surface area contributed by atoms with Crippen molar-refractivity contribution in [1.82, 2.24) is 10.3 Å². The summed E-state index contributed by atoms with van der Waals surface area (Å²) in [7, 11) is 0. The van der Waals surface area contributed by atoms with E-state index in [0.717, 1.165) is 35.0 Å². The van der Waals surface area contributed by atoms with Gasteiger partial charge in [0.2, 0.25) is 0 Å². The van der Waals surface area contributed by atoms with Crippen molar-refractivity contribution in [1.29, 1.82) is 0 Å². The Morgan fingerprint density at radius 2 is 1.63 bits per heavy atom. The van der Waals surface area contributed by atoms with Gasteiger partial charge in [-0.15, -0.1) is 0 Å². The van der Waals surface area contributed by atoms with Gasteiger partial charge in [-0.05, 0) is 58.1 Å². The average Bonchev–Trinajstić information content (AvgIpc) is 3.34. The molecule has 0 bridgehead atoms. The number of rotatable bonds is 6. The number of carbonyl (C=O) groups is 2. The molecule has 1 aromatic heterocycles. The maximum atomic E-state index is 13.3. The SMILES string of the molecule is CC(C)(C)c1ccc(-c2ccc(O)c3cc(C(=O)N[C@H](C(=O)O)C(C)(C)C)nc(CC4CCCC4)c23)cc1. The third-order valence-electron chi connectivity index (χ3n) is 7.69. The highest BCUT2D eigenvalue weighted by Crippen LogP contribution is 2.39. The highest BCUT2D eigenvalue weighted by Gasteiger charge is 2.33. The van der Waals surface area contributed by atoms with Gasteiger partial charge >= 0.3 is 5.97 Å². The average molecular weight is 517 g/mol. The molecule has 0 radical (unpaired) electrons. The molecule has 6 heteroatoms. The quantitative estimate of drug-likeness (QED) is 0.332. The van der Waals surface area contributed by atoms with Crippen LogP contribution in [0.3, 0.4) is 0 Å². The first kappa shape index (κ1) is 27.6. The van der Waals surface area contributed by atoms with E-state index in [9.17, 15) is 19.8 Å². The van der Waals surface area contributed by atoms with Crippen LogP contribution in [0.5, 0.6) is 5.75 Å². The minimum absolute atomic E-state index is 0.0356. The van der Waals surface area contributed by atoms with Crippen LogP contribution >= 0.6 is 0 Å². The Labute approximate surface area is 225 Å². The molecule has 1 amide bonds. The van der Waals surface area contributed by atoms with E-state index in [4.69, 9.17) is 4.98 Å². The van der Waals surface area contributed by atoms with E-state index >= 15 is 0 Å². The van der Waals surface area contributed by atoms with Crippen molar-refractivity contribution in [2.24, 2.45) is 11.3 Å². The fourth-order valence-corrected chi connectivity index (χ4v) is 5.43. The normalized spacial score (nSPS) is 15.5. The van der Waals surface area contributed by atoms with E-state index in [0.29, 0.717) is 17.7 Å². The number of aliphatic carboxylic acids is 1. The Balaban J connectivity index is 1.85. The Hall–Kier alpha value is -3.41. The zero-order valence-electron chi connectivity index (χ0n) is 23.4. The van der Waals surface area contributed by atoms with Crippen molar-refractivity contribution in [3.8, 4) is 16.9 Å². The fraction of sp³-hybridized carbons (Fsp3) is 0.469. The molecule has 0 unspecified atom stereocenters. The summed E-state index contributed by atoms with van der Waals surface area (Å²) in [5.74, 6) is -1.11. The summed E-state index contributed by atoms with van der Waals surface area (Å²) in [6.45, 7) is 11.9. The zero-order chi connectivity index (χ0) is 27.8. The van der Waals surface area contributed by atoms with Crippen LogP contribution in [0.15, 0.2) is 42.5 Å². The number of nitrogens with one attached hydrogen (secondary N) is 1. The summed E-state index contributed by atoms with van der Waals surface area (Å²) in [6, 6.07) is 12.6. The van der Waals surface area contributed by atoms with Crippen LogP contribution in [0.2, 0.25) is 0 Å². The number of nitrogens with zero attached hydrogens (tertiary/aromatic N) is 1. The van der Waals surface area contributed by atoms with Gasteiger partial charge in [-0.3, -0.25) is 4.79 Å². The molecule has 0 aliphatic heterocycles. The van der Waals surface area contributed by atoms with Gasteiger partial charge in [0.05, 0.1) is 5.69 Å². The Morgan fingerprint density at radius 3 is 2.18 bits per heavy atom. The molecule has 3 N–H and O–H groups in total. The first-order valence-corrected chi connectivity index (χ1v) is 13.6. The molecule has 1 atom stereocenters. The lowest BCUT2D eigenvalue weighted by Gasteiger charge is -2.27. The largest absolute Gasteiger partial charge is 0.507 e. The lowest BCUT2D eigenvalue weighted by Crippen LogP contribution is -2.49. The van der Waals surface area contributed by atoms with E-state index in [2.05, 4.69) is 50.4 Å². The van der Waals surface area contributed by atoms with Crippen LogP contribution in [0.1, 0.15) is 89.0 Å². The molecule has 4 rings (SSSR count). The predicted octanol–water partition coefficient (Wildman–Crippen LogP) is 6.87. The summed E-state index contributed by atoms with van der Waals surface area (Å²) < 4.78 is 0. The minimum atomic E-state index is -1.10. The third kappa shape index (κ3) is 5.85. The number of phenols is 1. The molecule has 202 valence electrons. The number of amides is 1. The molecule has 1 fully saturated rings. The van der Waals surface area contributed by atoms with Gasteiger partial charge in [0, 0.05) is 10.8 Å². The van der Waals surface area contributed by atoms with Crippen molar-refractivity contribution >= 4 is 22.6 Å². The molecule has 0 saturated heterocycles. The maximum absolute atomic E-state index is 13.3. The molecule has 1 heterocycles. The summed E-state index contributed by atoms with van der Waals surface area (Å²) in [5, 5.41) is 24.7. The lowest BCUT2D eigenvalue weighted by atomic mass is 9.85. The number of carboxylic acids is 1. The standard InChI is InChI=1S/C32H40N2O4/c1-31(2,3)21-13-11-20(12-14-21)22-15-16-26(35)23-18-25(29(36)34-28(30(37)38)32(4,5)6)33-24(27(22)23)17-19-9-7-8-10-19/h11-16,18-19,28,35H,7-10,17H2,1-6H3,(H,34,36)(H,37,38)/t28-/m1/s1. The number of hydrogen-bond acceptors (Lipinski definition) is 4. The number of carbonyl (C=O) groups excluding carboxylic acids is 1. The predicted molar refractivity (Wildman–Crippen MR) is 152 cm³/mol. The second kappa shape index (κ2) is 10.4. The van der Waals surface area contributed by atoms with E-state index in [1.807, 2.05) is 6.07 Å². The fourth-order valence-electron chi connectivity index (χ4n) is 5.43. The number of pyridine rings is 1. The van der Waals surface area contributed by atoms with Crippen LogP contribution in [-0.4, -0.2) is 33.1 Å². The number of carboxylic acid groups (broad SMARTS) is 1. The van der Waals surface area contributed by atoms with Gasteiger partial charge in [-0.25, -0.2) is 9.78 Å². The molecule has 38 heavy (non-hydrogen) atoms. The number of aromatic hydroxyl groups is 1. The van der Waals surface area contributed by atoms with Crippen molar-refractivity contribution in [2.45, 2.75) is 85.1 Å². The molecule has 2 aromatic carbocycles. The first-order valence-electron chi connectivity index (χ1n) is 13.6. The van der Waals surface area contributed by atoms with Gasteiger partial charge in [-0.2, -0.15) is 0 Å². The number of aromatic nitrogens is 1. The summed E-state index contributed by atoms with van der Waals surface area (Å²) in [4.78, 5) is 30.0. The second-order valence-corrected chi connectivity index (χ2v) is 12.8. The molecule has 1 saturated carbocycles. The molecule has 1 aliphatic rings. The van der Waals surface area contributed by atoms with Crippen LogP contribution in [-0.2, 0) is 16.6 Å². The van der Waals surface area contributed by atoms with Crippen molar-refractivity contribution in [2.75, 3.05) is 0 Å². The Kier molecular flexibility index (Phi) is 7.55. The summed E-state index contributed by atoms with van der Waals surface area (Å²) in [5.41, 5.74) is 3.47. The number of benzene rings is 2. The number of fused-ring (bicyclic) bond motifs is 1. The molecule has 0 spiro atoms. The molecular formula is C32H40N2O4. The smallest absolute Gasteiger partial charge is 0.326 e. The second-order valence-electron chi connectivity index (χ2n) is 12.8. The molecule has 3 aromatic rings. The molecular weight excluding hydrogens is 476 g/mol. The van der Waals surface area contributed by atoms with Gasteiger partial charge in [0.1, 0.15) is 17.5 Å². The Morgan fingerprint density at radius 1 is 1.00 bits per heavy atom. The van der Waals surface area contributed by atoms with E-state index < -0.39 is 23.3 Å². The molecule has 1 aliphatic carbocycles. The Bertz CT molecular complexity index is 1340. The van der Waals surface area contributed by atoms with Crippen LogP contribution in [0, 0.1) is 11.3 Å². The summed E-state index contributed by atoms with van der Waals surface area (Å²) >= 11 is 0. The number of phenolic OH excluding ortho intramolecular Hbond substituents is 1. The van der Waals surface area contributed by atoms with Gasteiger partial charge in [0.25, 0.3) is 5.91 Å². The minimum Gasteiger partial charge on any atom is -0.507 e. The number of hydrogen-bond donors (Lipinski definition) is 3. The van der Waals surface area contributed by atoms with Gasteiger partial charge < -0.3 is 15.5 Å². The van der Waals surface area contributed by atoms with E-state index in [-0.39, 0.29) is 16.9 Å². The third-order valence-corrected chi connectivity index (χ3v) is 7.69. The van der Waals surface area contributed by atoms with Crippen LogP contribution < -0.4 is 5.32 Å². The van der Waals surface area contributed by atoms with E-state index in [1.165, 1.54) is 18.4 Å². The van der Waals surface area contributed by atoms with Crippen LogP contribution in [0.4, 0.5) is 0 Å². The van der Waals surface area contributed by atoms with Crippen molar-refractivity contribution in [3.05, 3.63) is 59.4 Å². The zero-order valence-corrected chi connectivity index (χ0v) is 23.4. The van der Waals surface area contributed by atoms with Gasteiger partial charge in [-0.1, -0.05) is 91.5 Å². The summed E-state index contributed by atoms with van der Waals surface area (Å²) in [6.07, 6.45) is 5.29. The lowest BCUT2D eigenvalue weighted by molar-refractivity contribution is -0.142. The van der Waals surface area contributed by atoms with Crippen LogP contribution in [0.25, 0.3) is 21.9 Å². The monoisotopic (exact) mass is 516 g/mol. The highest BCUT2D eigenvalue weighted by atomic mass is 16.4. The van der Waals surface area contributed by atoms with Crippen molar-refractivity contribution < 1.29 is 19.8 Å².